The molecule has 0 atom stereocenters. The molecule has 0 bridgehead atoms. The van der Waals surface area contributed by atoms with Gasteiger partial charge in [-0.1, -0.05) is 39.5 Å². The second-order valence-electron chi connectivity index (χ2n) is 4.30. The van der Waals surface area contributed by atoms with Gasteiger partial charge in [-0.05, 0) is 12.8 Å². The Kier molecular flexibility index (Phi) is 4.39. The Morgan fingerprint density at radius 3 is 2.14 bits per heavy atom. The molecule has 82 valence electrons. The summed E-state index contributed by atoms with van der Waals surface area (Å²) in [5, 5.41) is 0. The van der Waals surface area contributed by atoms with Crippen LogP contribution in [0.2, 0.25) is 0 Å². The molecule has 1 saturated heterocycles. The van der Waals surface area contributed by atoms with Crippen molar-refractivity contribution in [3.05, 3.63) is 0 Å². The summed E-state index contributed by atoms with van der Waals surface area (Å²) in [7, 11) is 0. The molecule has 14 heavy (non-hydrogen) atoms. The van der Waals surface area contributed by atoms with Crippen molar-refractivity contribution < 1.29 is 4.79 Å². The van der Waals surface area contributed by atoms with Crippen molar-refractivity contribution in [2.45, 2.75) is 52.4 Å². The molecule has 1 amide bonds. The first-order valence-electron chi connectivity index (χ1n) is 5.78. The smallest absolute Gasteiger partial charge is 0.241 e. The molecule has 0 spiro atoms. The van der Waals surface area contributed by atoms with Gasteiger partial charge in [-0.3, -0.25) is 10.2 Å². The Bertz CT molecular complexity index is 184. The first-order valence-corrected chi connectivity index (χ1v) is 5.78. The van der Waals surface area contributed by atoms with Crippen LogP contribution in [0.5, 0.6) is 0 Å². The van der Waals surface area contributed by atoms with E-state index >= 15 is 0 Å². The third kappa shape index (κ3) is 2.47. The van der Waals surface area contributed by atoms with Crippen LogP contribution in [0.25, 0.3) is 0 Å². The van der Waals surface area contributed by atoms with Gasteiger partial charge in [-0.25, -0.2) is 5.43 Å². The molecule has 0 aromatic carbocycles. The molecule has 1 aliphatic heterocycles. The lowest BCUT2D eigenvalue weighted by atomic mass is 9.78. The van der Waals surface area contributed by atoms with E-state index in [4.69, 9.17) is 0 Å². The van der Waals surface area contributed by atoms with Crippen molar-refractivity contribution >= 4 is 5.91 Å². The summed E-state index contributed by atoms with van der Waals surface area (Å²) in [5.41, 5.74) is 5.62. The maximum absolute atomic E-state index is 11.7. The predicted octanol–water partition coefficient (Wildman–Crippen LogP) is 1.99. The quantitative estimate of drug-likeness (QED) is 0.685. The highest BCUT2D eigenvalue weighted by molar-refractivity contribution is 5.84. The molecule has 1 rings (SSSR count). The summed E-state index contributed by atoms with van der Waals surface area (Å²) in [6, 6.07) is 0. The number of hydrazine groups is 1. The van der Waals surface area contributed by atoms with E-state index in [9.17, 15) is 4.79 Å². The maximum atomic E-state index is 11.7. The highest BCUT2D eigenvalue weighted by Gasteiger charge is 2.40. The molecule has 1 fully saturated rings. The van der Waals surface area contributed by atoms with Crippen LogP contribution in [0.15, 0.2) is 0 Å². The van der Waals surface area contributed by atoms with Gasteiger partial charge < -0.3 is 0 Å². The number of carbonyl (C=O) groups excluding carboxylic acids is 1. The average molecular weight is 198 g/mol. The Labute approximate surface area is 86.6 Å². The normalized spacial score (nSPS) is 19.7. The van der Waals surface area contributed by atoms with Gasteiger partial charge in [0.1, 0.15) is 0 Å². The van der Waals surface area contributed by atoms with Crippen LogP contribution in [0.4, 0.5) is 0 Å². The minimum absolute atomic E-state index is 0.105. The molecule has 0 unspecified atom stereocenters. The van der Waals surface area contributed by atoms with Crippen molar-refractivity contribution in [3.63, 3.8) is 0 Å². The number of amides is 1. The fourth-order valence-corrected chi connectivity index (χ4v) is 2.07. The molecule has 0 aliphatic carbocycles. The van der Waals surface area contributed by atoms with Gasteiger partial charge in [-0.2, -0.15) is 0 Å². The van der Waals surface area contributed by atoms with Crippen LogP contribution in [0.1, 0.15) is 52.4 Å². The van der Waals surface area contributed by atoms with E-state index < -0.39 is 0 Å². The fraction of sp³-hybridized carbons (Fsp3) is 0.909. The molecule has 1 aliphatic rings. The molecular weight excluding hydrogens is 176 g/mol. The van der Waals surface area contributed by atoms with Gasteiger partial charge in [0.2, 0.25) is 5.91 Å². The van der Waals surface area contributed by atoms with Crippen molar-refractivity contribution in [3.8, 4) is 0 Å². The fourth-order valence-electron chi connectivity index (χ4n) is 2.07. The number of carbonyl (C=O) groups is 1. The zero-order chi connectivity index (χ0) is 10.4. The van der Waals surface area contributed by atoms with Crippen LogP contribution in [0.3, 0.4) is 0 Å². The van der Waals surface area contributed by atoms with Crippen LogP contribution >= 0.6 is 0 Å². The molecule has 0 aromatic rings. The zero-order valence-corrected chi connectivity index (χ0v) is 9.36. The molecule has 3 heteroatoms. The topological polar surface area (TPSA) is 41.1 Å². The highest BCUT2D eigenvalue weighted by Crippen LogP contribution is 2.32. The largest absolute Gasteiger partial charge is 0.291 e. The highest BCUT2D eigenvalue weighted by atomic mass is 16.2. The summed E-state index contributed by atoms with van der Waals surface area (Å²) in [6.07, 6.45) is 6.70. The van der Waals surface area contributed by atoms with E-state index in [0.29, 0.717) is 0 Å². The van der Waals surface area contributed by atoms with Crippen LogP contribution in [-0.2, 0) is 4.79 Å². The van der Waals surface area contributed by atoms with E-state index in [1.807, 2.05) is 0 Å². The van der Waals surface area contributed by atoms with Gasteiger partial charge in [-0.15, -0.1) is 0 Å². The van der Waals surface area contributed by atoms with E-state index in [1.165, 1.54) is 12.8 Å². The third-order valence-corrected chi connectivity index (χ3v) is 3.13. The third-order valence-electron chi connectivity index (χ3n) is 3.13. The second kappa shape index (κ2) is 5.35. The number of nitrogens with one attached hydrogen (secondary N) is 2. The summed E-state index contributed by atoms with van der Waals surface area (Å²) in [5.74, 6) is 0.208. The van der Waals surface area contributed by atoms with Gasteiger partial charge in [0.25, 0.3) is 0 Å². The van der Waals surface area contributed by atoms with Crippen molar-refractivity contribution in [1.29, 1.82) is 0 Å². The lowest BCUT2D eigenvalue weighted by Gasteiger charge is -2.24. The van der Waals surface area contributed by atoms with Gasteiger partial charge in [0.15, 0.2) is 0 Å². The van der Waals surface area contributed by atoms with Crippen molar-refractivity contribution in [2.75, 3.05) is 6.54 Å². The van der Waals surface area contributed by atoms with Gasteiger partial charge in [0, 0.05) is 6.54 Å². The molecule has 3 nitrogen and oxygen atoms in total. The summed E-state index contributed by atoms with van der Waals surface area (Å²) in [6.45, 7) is 5.16. The Hall–Kier alpha value is -0.570. The SMILES string of the molecule is CCCCC1(CCCC)CNNC1=O. The molecule has 0 saturated carbocycles. The van der Waals surface area contributed by atoms with E-state index in [-0.39, 0.29) is 11.3 Å². The minimum Gasteiger partial charge on any atom is -0.291 e. The minimum atomic E-state index is -0.105. The Morgan fingerprint density at radius 2 is 1.79 bits per heavy atom. The van der Waals surface area contributed by atoms with Gasteiger partial charge in [0.05, 0.1) is 5.41 Å². The first kappa shape index (κ1) is 11.5. The zero-order valence-electron chi connectivity index (χ0n) is 9.36. The summed E-state index contributed by atoms with van der Waals surface area (Å²) < 4.78 is 0. The van der Waals surface area contributed by atoms with Crippen molar-refractivity contribution in [1.82, 2.24) is 10.9 Å². The van der Waals surface area contributed by atoms with E-state index in [2.05, 4.69) is 24.7 Å². The number of hydrogen-bond acceptors (Lipinski definition) is 2. The van der Waals surface area contributed by atoms with Crippen LogP contribution in [0, 0.1) is 5.41 Å². The van der Waals surface area contributed by atoms with E-state index in [1.54, 1.807) is 0 Å². The molecule has 2 N–H and O–H groups in total. The maximum Gasteiger partial charge on any atom is 0.241 e. The standard InChI is InChI=1S/C11H22N2O/c1-3-5-7-11(8-6-4-2)9-12-13-10(11)14/h12H,3-9H2,1-2H3,(H,13,14). The molecule has 0 radical (unpaired) electrons. The van der Waals surface area contributed by atoms with Crippen LogP contribution in [-0.4, -0.2) is 12.5 Å². The Balaban J connectivity index is 2.53. The van der Waals surface area contributed by atoms with Crippen LogP contribution < -0.4 is 10.9 Å². The predicted molar refractivity (Wildman–Crippen MR) is 57.6 cm³/mol. The van der Waals surface area contributed by atoms with E-state index in [0.717, 1.165) is 32.2 Å². The number of hydrogen-bond donors (Lipinski definition) is 2. The monoisotopic (exact) mass is 198 g/mol. The lowest BCUT2D eigenvalue weighted by molar-refractivity contribution is -0.128. The summed E-state index contributed by atoms with van der Waals surface area (Å²) >= 11 is 0. The molecule has 1 heterocycles. The second-order valence-corrected chi connectivity index (χ2v) is 4.30. The first-order chi connectivity index (χ1) is 6.75. The summed E-state index contributed by atoms with van der Waals surface area (Å²) in [4.78, 5) is 11.7. The number of unbranched alkanes of at least 4 members (excludes halogenated alkanes) is 2. The van der Waals surface area contributed by atoms with Gasteiger partial charge >= 0.3 is 0 Å². The Morgan fingerprint density at radius 1 is 1.21 bits per heavy atom. The lowest BCUT2D eigenvalue weighted by Crippen LogP contribution is -2.33. The van der Waals surface area contributed by atoms with Crippen molar-refractivity contribution in [2.24, 2.45) is 5.41 Å². The molecule has 0 aromatic heterocycles. The molecular formula is C11H22N2O. The number of rotatable bonds is 6. The average Bonchev–Trinajstić information content (AvgIpc) is 2.55.